The van der Waals surface area contributed by atoms with Crippen LogP contribution in [0.25, 0.3) is 0 Å². The summed E-state index contributed by atoms with van der Waals surface area (Å²) in [5.41, 5.74) is 0. The molecule has 1 saturated heterocycles. The fourth-order valence-electron chi connectivity index (χ4n) is 2.05. The van der Waals surface area contributed by atoms with Gasteiger partial charge in [-0.2, -0.15) is 0 Å². The monoisotopic (exact) mass is 277 g/mol. The summed E-state index contributed by atoms with van der Waals surface area (Å²) >= 11 is 0. The van der Waals surface area contributed by atoms with Gasteiger partial charge in [-0.05, 0) is 18.6 Å². The van der Waals surface area contributed by atoms with Gasteiger partial charge in [0.1, 0.15) is 12.4 Å². The topological polar surface area (TPSA) is 55.8 Å². The molecule has 1 aromatic rings. The van der Waals surface area contributed by atoms with Gasteiger partial charge >= 0.3 is 5.97 Å². The fraction of sp³-hybridized carbons (Fsp3) is 0.467. The molecule has 1 aromatic carbocycles. The number of rotatable bonds is 7. The number of hydrogen-bond acceptors (Lipinski definition) is 4. The van der Waals surface area contributed by atoms with Gasteiger partial charge in [-0.1, -0.05) is 18.2 Å². The van der Waals surface area contributed by atoms with Crippen molar-refractivity contribution >= 4 is 11.9 Å². The molecule has 5 nitrogen and oxygen atoms in total. The lowest BCUT2D eigenvalue weighted by Gasteiger charge is -2.15. The van der Waals surface area contributed by atoms with Crippen molar-refractivity contribution in [1.29, 1.82) is 0 Å². The Morgan fingerprint density at radius 2 is 2.00 bits per heavy atom. The van der Waals surface area contributed by atoms with E-state index in [4.69, 9.17) is 9.47 Å². The van der Waals surface area contributed by atoms with Gasteiger partial charge in [0.2, 0.25) is 5.91 Å². The van der Waals surface area contributed by atoms with Crippen molar-refractivity contribution in [3.63, 3.8) is 0 Å². The normalized spacial score (nSPS) is 14.4. The molecule has 0 spiro atoms. The number of benzene rings is 1. The molecule has 20 heavy (non-hydrogen) atoms. The number of carbonyl (C=O) groups excluding carboxylic acids is 2. The summed E-state index contributed by atoms with van der Waals surface area (Å²) in [5.74, 6) is 0.587. The summed E-state index contributed by atoms with van der Waals surface area (Å²) in [6.45, 7) is 1.82. The second kappa shape index (κ2) is 7.53. The molecule has 1 aliphatic rings. The highest BCUT2D eigenvalue weighted by molar-refractivity contribution is 5.78. The summed E-state index contributed by atoms with van der Waals surface area (Å²) in [5, 5.41) is 0. The van der Waals surface area contributed by atoms with Gasteiger partial charge in [0, 0.05) is 13.0 Å². The van der Waals surface area contributed by atoms with Crippen LogP contribution < -0.4 is 4.74 Å². The predicted octanol–water partition coefficient (Wildman–Crippen LogP) is 1.62. The van der Waals surface area contributed by atoms with Gasteiger partial charge in [0.15, 0.2) is 0 Å². The molecule has 0 N–H and O–H groups in total. The minimum absolute atomic E-state index is 0.147. The Bertz CT molecular complexity index is 446. The third kappa shape index (κ3) is 4.57. The molecule has 0 unspecified atom stereocenters. The Kier molecular flexibility index (Phi) is 5.41. The number of esters is 1. The van der Waals surface area contributed by atoms with E-state index in [1.54, 1.807) is 4.90 Å². The molecular formula is C15H19NO4. The van der Waals surface area contributed by atoms with Crippen LogP contribution in [0.3, 0.4) is 0 Å². The van der Waals surface area contributed by atoms with Crippen LogP contribution >= 0.6 is 0 Å². The van der Waals surface area contributed by atoms with E-state index < -0.39 is 0 Å². The second-order valence-electron chi connectivity index (χ2n) is 4.62. The number of nitrogens with zero attached hydrogens (tertiary/aromatic N) is 1. The van der Waals surface area contributed by atoms with Crippen molar-refractivity contribution in [2.45, 2.75) is 19.3 Å². The number of ether oxygens (including phenoxy) is 2. The molecule has 0 aliphatic carbocycles. The van der Waals surface area contributed by atoms with Crippen LogP contribution in [0.5, 0.6) is 5.75 Å². The first kappa shape index (κ1) is 14.4. The van der Waals surface area contributed by atoms with Crippen LogP contribution in [0.2, 0.25) is 0 Å². The van der Waals surface area contributed by atoms with E-state index in [2.05, 4.69) is 0 Å². The summed E-state index contributed by atoms with van der Waals surface area (Å²) in [6.07, 6.45) is 1.72. The molecule has 0 saturated carbocycles. The number of carbonyl (C=O) groups is 2. The van der Waals surface area contributed by atoms with Gasteiger partial charge in [-0.25, -0.2) is 0 Å². The summed E-state index contributed by atoms with van der Waals surface area (Å²) in [6, 6.07) is 9.33. The predicted molar refractivity (Wildman–Crippen MR) is 73.3 cm³/mol. The average Bonchev–Trinajstić information content (AvgIpc) is 2.86. The number of amides is 1. The van der Waals surface area contributed by atoms with Crippen LogP contribution in [-0.2, 0) is 14.3 Å². The summed E-state index contributed by atoms with van der Waals surface area (Å²) in [7, 11) is 0. The lowest BCUT2D eigenvalue weighted by molar-refractivity contribution is -0.145. The highest BCUT2D eigenvalue weighted by Gasteiger charge is 2.19. The highest BCUT2D eigenvalue weighted by atomic mass is 16.5. The van der Waals surface area contributed by atoms with E-state index in [0.717, 1.165) is 18.7 Å². The number of likely N-dealkylation sites (tertiary alicyclic amines) is 1. The number of hydrogen-bond donors (Lipinski definition) is 0. The third-order valence-corrected chi connectivity index (χ3v) is 3.11. The van der Waals surface area contributed by atoms with E-state index >= 15 is 0 Å². The van der Waals surface area contributed by atoms with Gasteiger partial charge in [0.05, 0.1) is 19.6 Å². The molecular weight excluding hydrogens is 258 g/mol. The van der Waals surface area contributed by atoms with E-state index in [-0.39, 0.29) is 24.9 Å². The Morgan fingerprint density at radius 1 is 1.20 bits per heavy atom. The van der Waals surface area contributed by atoms with Crippen LogP contribution in [0.1, 0.15) is 19.3 Å². The average molecular weight is 277 g/mol. The SMILES string of the molecule is O=C(CCOc1ccccc1)OCCN1CCCC1=O. The standard InChI is InChI=1S/C15H19NO4/c17-14-7-4-9-16(14)10-12-20-15(18)8-11-19-13-5-2-1-3-6-13/h1-3,5-6H,4,7-12H2. The van der Waals surface area contributed by atoms with Crippen LogP contribution in [0.4, 0.5) is 0 Å². The largest absolute Gasteiger partial charge is 0.493 e. The molecule has 0 aromatic heterocycles. The fourth-order valence-corrected chi connectivity index (χ4v) is 2.05. The van der Waals surface area contributed by atoms with Gasteiger partial charge in [0.25, 0.3) is 0 Å². The van der Waals surface area contributed by atoms with Gasteiger partial charge in [-0.15, -0.1) is 0 Å². The van der Waals surface area contributed by atoms with Crippen molar-refractivity contribution in [1.82, 2.24) is 4.90 Å². The van der Waals surface area contributed by atoms with E-state index in [9.17, 15) is 9.59 Å². The van der Waals surface area contributed by atoms with Crippen molar-refractivity contribution in [2.24, 2.45) is 0 Å². The first-order valence-corrected chi connectivity index (χ1v) is 6.87. The summed E-state index contributed by atoms with van der Waals surface area (Å²) in [4.78, 5) is 24.6. The first-order chi connectivity index (χ1) is 9.75. The maximum atomic E-state index is 11.5. The molecule has 1 aliphatic heterocycles. The molecule has 0 atom stereocenters. The van der Waals surface area contributed by atoms with E-state index in [1.807, 2.05) is 30.3 Å². The maximum absolute atomic E-state index is 11.5. The Hall–Kier alpha value is -2.04. The highest BCUT2D eigenvalue weighted by Crippen LogP contribution is 2.09. The van der Waals surface area contributed by atoms with Crippen molar-refractivity contribution in [2.75, 3.05) is 26.3 Å². The van der Waals surface area contributed by atoms with Crippen LogP contribution in [-0.4, -0.2) is 43.1 Å². The minimum Gasteiger partial charge on any atom is -0.493 e. The van der Waals surface area contributed by atoms with E-state index in [1.165, 1.54) is 0 Å². The second-order valence-corrected chi connectivity index (χ2v) is 4.62. The van der Waals surface area contributed by atoms with Gasteiger partial charge < -0.3 is 14.4 Å². The van der Waals surface area contributed by atoms with Crippen LogP contribution in [0, 0.1) is 0 Å². The molecule has 0 radical (unpaired) electrons. The maximum Gasteiger partial charge on any atom is 0.309 e. The smallest absolute Gasteiger partial charge is 0.309 e. The Balaban J connectivity index is 1.55. The zero-order chi connectivity index (χ0) is 14.2. The lowest BCUT2D eigenvalue weighted by Crippen LogP contribution is -2.29. The lowest BCUT2D eigenvalue weighted by atomic mass is 10.3. The summed E-state index contributed by atoms with van der Waals surface area (Å²) < 4.78 is 10.5. The van der Waals surface area contributed by atoms with Crippen molar-refractivity contribution in [3.05, 3.63) is 30.3 Å². The Labute approximate surface area is 118 Å². The molecule has 5 heteroatoms. The van der Waals surface area contributed by atoms with Crippen LogP contribution in [0.15, 0.2) is 30.3 Å². The van der Waals surface area contributed by atoms with Gasteiger partial charge in [-0.3, -0.25) is 9.59 Å². The molecule has 1 heterocycles. The zero-order valence-corrected chi connectivity index (χ0v) is 11.4. The van der Waals surface area contributed by atoms with Crippen molar-refractivity contribution < 1.29 is 19.1 Å². The van der Waals surface area contributed by atoms with Crippen molar-refractivity contribution in [3.8, 4) is 5.75 Å². The zero-order valence-electron chi connectivity index (χ0n) is 11.4. The quantitative estimate of drug-likeness (QED) is 0.711. The third-order valence-electron chi connectivity index (χ3n) is 3.11. The number of para-hydroxylation sites is 1. The molecule has 1 amide bonds. The first-order valence-electron chi connectivity index (χ1n) is 6.87. The molecule has 2 rings (SSSR count). The Morgan fingerprint density at radius 3 is 2.70 bits per heavy atom. The minimum atomic E-state index is -0.299. The van der Waals surface area contributed by atoms with E-state index in [0.29, 0.717) is 19.6 Å². The molecule has 0 bridgehead atoms. The molecule has 108 valence electrons. The molecule has 1 fully saturated rings.